The predicted molar refractivity (Wildman–Crippen MR) is 67.0 cm³/mol. The molecule has 0 saturated heterocycles. The van der Waals surface area contributed by atoms with Gasteiger partial charge in [0, 0.05) is 22.9 Å². The van der Waals surface area contributed by atoms with E-state index in [1.807, 2.05) is 19.1 Å². The van der Waals surface area contributed by atoms with E-state index in [9.17, 15) is 4.79 Å². The molecule has 2 heterocycles. The lowest BCUT2D eigenvalue weighted by Crippen LogP contribution is -1.93. The van der Waals surface area contributed by atoms with E-state index < -0.39 is 0 Å². The SMILES string of the molecule is C=C(C)c1cc2cc3ccc(=O)oc3cc2o1. The molecule has 3 heteroatoms. The molecule has 3 rings (SSSR count). The van der Waals surface area contributed by atoms with Crippen LogP contribution in [-0.4, -0.2) is 0 Å². The van der Waals surface area contributed by atoms with Crippen LogP contribution in [0.15, 0.2) is 50.5 Å². The summed E-state index contributed by atoms with van der Waals surface area (Å²) in [5.41, 5.74) is 1.74. The molecular weight excluding hydrogens is 216 g/mol. The highest BCUT2D eigenvalue weighted by Gasteiger charge is 2.07. The van der Waals surface area contributed by atoms with Crippen molar-refractivity contribution in [1.29, 1.82) is 0 Å². The Bertz CT molecular complexity index is 790. The van der Waals surface area contributed by atoms with Gasteiger partial charge >= 0.3 is 5.63 Å². The number of furan rings is 1. The minimum atomic E-state index is -0.358. The summed E-state index contributed by atoms with van der Waals surface area (Å²) in [5, 5.41) is 1.86. The fraction of sp³-hybridized carbons (Fsp3) is 0.0714. The standard InChI is InChI=1S/C14H10O3/c1-8(2)11-6-10-5-9-3-4-14(15)17-12(9)7-13(10)16-11/h3-7H,1H2,2H3. The third-order valence-corrected chi connectivity index (χ3v) is 2.68. The summed E-state index contributed by atoms with van der Waals surface area (Å²) >= 11 is 0. The average Bonchev–Trinajstić information content (AvgIpc) is 2.68. The molecule has 0 aliphatic heterocycles. The van der Waals surface area contributed by atoms with Crippen molar-refractivity contribution < 1.29 is 8.83 Å². The highest BCUT2D eigenvalue weighted by atomic mass is 16.4. The van der Waals surface area contributed by atoms with Gasteiger partial charge in [0.1, 0.15) is 16.9 Å². The van der Waals surface area contributed by atoms with E-state index >= 15 is 0 Å². The Balaban J connectivity index is 2.39. The van der Waals surface area contributed by atoms with Gasteiger partial charge in [-0.3, -0.25) is 0 Å². The summed E-state index contributed by atoms with van der Waals surface area (Å²) in [6, 6.07) is 8.76. The van der Waals surface area contributed by atoms with Gasteiger partial charge in [-0.15, -0.1) is 0 Å². The largest absolute Gasteiger partial charge is 0.456 e. The van der Waals surface area contributed by atoms with Gasteiger partial charge in [-0.2, -0.15) is 0 Å². The molecule has 0 bridgehead atoms. The molecular formula is C14H10O3. The molecule has 0 saturated carbocycles. The lowest BCUT2D eigenvalue weighted by atomic mass is 10.1. The average molecular weight is 226 g/mol. The number of rotatable bonds is 1. The molecule has 0 amide bonds. The first-order valence-electron chi connectivity index (χ1n) is 5.27. The summed E-state index contributed by atoms with van der Waals surface area (Å²) in [6.07, 6.45) is 0. The maximum atomic E-state index is 11.1. The van der Waals surface area contributed by atoms with Crippen LogP contribution in [0.1, 0.15) is 12.7 Å². The number of benzene rings is 1. The molecule has 0 unspecified atom stereocenters. The van der Waals surface area contributed by atoms with Crippen molar-refractivity contribution in [3.63, 3.8) is 0 Å². The van der Waals surface area contributed by atoms with E-state index in [1.54, 1.807) is 12.1 Å². The first-order valence-corrected chi connectivity index (χ1v) is 5.27. The van der Waals surface area contributed by atoms with E-state index in [0.717, 1.165) is 22.1 Å². The molecule has 84 valence electrons. The van der Waals surface area contributed by atoms with Gasteiger partial charge in [-0.1, -0.05) is 6.58 Å². The molecule has 3 aromatic rings. The Morgan fingerprint density at radius 1 is 1.06 bits per heavy atom. The van der Waals surface area contributed by atoms with E-state index in [1.165, 1.54) is 6.07 Å². The van der Waals surface area contributed by atoms with Crippen LogP contribution >= 0.6 is 0 Å². The van der Waals surface area contributed by atoms with Crippen molar-refractivity contribution in [2.75, 3.05) is 0 Å². The van der Waals surface area contributed by atoms with Crippen LogP contribution in [0.5, 0.6) is 0 Å². The fourth-order valence-corrected chi connectivity index (χ4v) is 1.82. The van der Waals surface area contributed by atoms with Gasteiger partial charge in [0.15, 0.2) is 0 Å². The van der Waals surface area contributed by atoms with Crippen LogP contribution in [0.3, 0.4) is 0 Å². The number of hydrogen-bond donors (Lipinski definition) is 0. The van der Waals surface area contributed by atoms with Gasteiger partial charge < -0.3 is 8.83 Å². The smallest absolute Gasteiger partial charge is 0.336 e. The van der Waals surface area contributed by atoms with Crippen molar-refractivity contribution in [1.82, 2.24) is 0 Å². The van der Waals surface area contributed by atoms with E-state index in [-0.39, 0.29) is 5.63 Å². The van der Waals surface area contributed by atoms with Crippen molar-refractivity contribution in [3.05, 3.63) is 53.1 Å². The molecule has 0 aliphatic rings. The number of hydrogen-bond acceptors (Lipinski definition) is 3. The second kappa shape index (κ2) is 3.35. The topological polar surface area (TPSA) is 43.4 Å². The third kappa shape index (κ3) is 1.56. The van der Waals surface area contributed by atoms with E-state index in [4.69, 9.17) is 8.83 Å². The fourth-order valence-electron chi connectivity index (χ4n) is 1.82. The molecule has 0 fully saturated rings. The number of allylic oxidation sites excluding steroid dienone is 1. The number of fused-ring (bicyclic) bond motifs is 2. The highest BCUT2D eigenvalue weighted by molar-refractivity contribution is 5.94. The Morgan fingerprint density at radius 2 is 1.82 bits per heavy atom. The van der Waals surface area contributed by atoms with E-state index in [0.29, 0.717) is 11.2 Å². The van der Waals surface area contributed by atoms with Crippen LogP contribution in [0.2, 0.25) is 0 Å². The summed E-state index contributed by atoms with van der Waals surface area (Å²) in [7, 11) is 0. The molecule has 0 N–H and O–H groups in total. The first-order chi connectivity index (χ1) is 8.13. The Morgan fingerprint density at radius 3 is 2.59 bits per heavy atom. The summed E-state index contributed by atoms with van der Waals surface area (Å²) in [4.78, 5) is 11.1. The summed E-state index contributed by atoms with van der Waals surface area (Å²) < 4.78 is 10.7. The quantitative estimate of drug-likeness (QED) is 0.596. The van der Waals surface area contributed by atoms with Crippen molar-refractivity contribution in [3.8, 4) is 0 Å². The monoisotopic (exact) mass is 226 g/mol. The molecule has 0 spiro atoms. The van der Waals surface area contributed by atoms with Crippen LogP contribution in [0, 0.1) is 0 Å². The zero-order valence-electron chi connectivity index (χ0n) is 9.32. The maximum absolute atomic E-state index is 11.1. The lowest BCUT2D eigenvalue weighted by molar-refractivity contribution is 0.558. The first kappa shape index (κ1) is 9.90. The van der Waals surface area contributed by atoms with Gasteiger partial charge in [-0.25, -0.2) is 4.79 Å². The highest BCUT2D eigenvalue weighted by Crippen LogP contribution is 2.27. The molecule has 0 aliphatic carbocycles. The third-order valence-electron chi connectivity index (χ3n) is 2.68. The summed E-state index contributed by atoms with van der Waals surface area (Å²) in [6.45, 7) is 5.72. The second-order valence-electron chi connectivity index (χ2n) is 4.07. The molecule has 1 aromatic carbocycles. The molecule has 17 heavy (non-hydrogen) atoms. The van der Waals surface area contributed by atoms with Crippen LogP contribution in [-0.2, 0) is 0 Å². The van der Waals surface area contributed by atoms with Gasteiger partial charge in [0.05, 0.1) is 0 Å². The predicted octanol–water partition coefficient (Wildman–Crippen LogP) is 3.57. The normalized spacial score (nSPS) is 11.1. The Hall–Kier alpha value is -2.29. The van der Waals surface area contributed by atoms with Crippen LogP contribution in [0.25, 0.3) is 27.5 Å². The molecule has 2 aromatic heterocycles. The minimum Gasteiger partial charge on any atom is -0.456 e. The Kier molecular flexibility index (Phi) is 1.95. The van der Waals surface area contributed by atoms with Crippen molar-refractivity contribution in [2.45, 2.75) is 6.92 Å². The Labute approximate surface area is 97.0 Å². The van der Waals surface area contributed by atoms with Crippen LogP contribution < -0.4 is 5.63 Å². The second-order valence-corrected chi connectivity index (χ2v) is 4.07. The molecule has 0 atom stereocenters. The molecule has 0 radical (unpaired) electrons. The summed E-state index contributed by atoms with van der Waals surface area (Å²) in [5.74, 6) is 0.748. The van der Waals surface area contributed by atoms with E-state index in [2.05, 4.69) is 6.58 Å². The lowest BCUT2D eigenvalue weighted by Gasteiger charge is -1.94. The zero-order chi connectivity index (χ0) is 12.0. The van der Waals surface area contributed by atoms with Gasteiger partial charge in [0.2, 0.25) is 0 Å². The zero-order valence-corrected chi connectivity index (χ0v) is 9.32. The van der Waals surface area contributed by atoms with Crippen LogP contribution in [0.4, 0.5) is 0 Å². The van der Waals surface area contributed by atoms with Gasteiger partial charge in [0.25, 0.3) is 0 Å². The molecule has 3 nitrogen and oxygen atoms in total. The van der Waals surface area contributed by atoms with Gasteiger partial charge in [-0.05, 0) is 30.7 Å². The van der Waals surface area contributed by atoms with Crippen molar-refractivity contribution >= 4 is 27.5 Å². The van der Waals surface area contributed by atoms with Crippen molar-refractivity contribution in [2.24, 2.45) is 0 Å². The maximum Gasteiger partial charge on any atom is 0.336 e. The minimum absolute atomic E-state index is 0.358.